The molecule has 0 saturated heterocycles. The number of fused-ring (bicyclic) bond motifs is 5. The molecule has 0 saturated carbocycles. The normalized spacial score (nSPS) is 17.9. The second-order valence-corrected chi connectivity index (χ2v) is 7.42. The smallest absolute Gasteiger partial charge is 0.217 e. The van der Waals surface area contributed by atoms with Crippen LogP contribution in [0, 0.1) is 12.8 Å². The molecule has 0 aromatic carbocycles. The van der Waals surface area contributed by atoms with Gasteiger partial charge in [-0.2, -0.15) is 4.52 Å². The summed E-state index contributed by atoms with van der Waals surface area (Å²) in [6.45, 7) is 4.30. The molecule has 4 aromatic heterocycles. The van der Waals surface area contributed by atoms with Crippen LogP contribution in [0.2, 0.25) is 0 Å². The molecule has 4 heterocycles. The van der Waals surface area contributed by atoms with Crippen molar-refractivity contribution in [1.82, 2.24) is 19.6 Å². The van der Waals surface area contributed by atoms with Crippen molar-refractivity contribution >= 4 is 27.2 Å². The molecule has 1 unspecified atom stereocenters. The number of hydrogen-bond acceptors (Lipinski definition) is 5. The predicted molar refractivity (Wildman–Crippen MR) is 89.8 cm³/mol. The molecule has 1 aliphatic rings. The van der Waals surface area contributed by atoms with E-state index in [9.17, 15) is 0 Å². The second-order valence-electron chi connectivity index (χ2n) is 6.34. The molecule has 0 bridgehead atoms. The summed E-state index contributed by atoms with van der Waals surface area (Å²) in [6.07, 6.45) is 5.18. The highest BCUT2D eigenvalue weighted by atomic mass is 32.1. The molecule has 6 heteroatoms. The Balaban J connectivity index is 1.86. The first-order valence-electron chi connectivity index (χ1n) is 7.92. The Kier molecular flexibility index (Phi) is 2.68. The largest absolute Gasteiger partial charge is 0.461 e. The lowest BCUT2D eigenvalue weighted by molar-refractivity contribution is 0.508. The van der Waals surface area contributed by atoms with Crippen molar-refractivity contribution in [2.24, 2.45) is 5.92 Å². The van der Waals surface area contributed by atoms with E-state index in [-0.39, 0.29) is 0 Å². The van der Waals surface area contributed by atoms with Crippen LogP contribution >= 0.6 is 11.3 Å². The lowest BCUT2D eigenvalue weighted by Crippen LogP contribution is -2.09. The van der Waals surface area contributed by atoms with Crippen molar-refractivity contribution in [3.63, 3.8) is 0 Å². The predicted octanol–water partition coefficient (Wildman–Crippen LogP) is 4.03. The number of aryl methyl sites for hydroxylation is 2. The van der Waals surface area contributed by atoms with Gasteiger partial charge in [-0.1, -0.05) is 6.92 Å². The third kappa shape index (κ3) is 1.88. The first kappa shape index (κ1) is 13.2. The average Bonchev–Trinajstić information content (AvgIpc) is 3.23. The van der Waals surface area contributed by atoms with E-state index in [0.717, 1.165) is 29.1 Å². The number of nitrogens with zero attached hydrogens (tertiary/aromatic N) is 4. The molecule has 1 atom stereocenters. The third-order valence-corrected chi connectivity index (χ3v) is 5.82. The van der Waals surface area contributed by atoms with Crippen LogP contribution in [0.4, 0.5) is 0 Å². The Morgan fingerprint density at radius 2 is 2.26 bits per heavy atom. The molecule has 0 aliphatic heterocycles. The van der Waals surface area contributed by atoms with Gasteiger partial charge in [-0.05, 0) is 49.8 Å². The van der Waals surface area contributed by atoms with E-state index in [1.54, 1.807) is 6.26 Å². The summed E-state index contributed by atoms with van der Waals surface area (Å²) in [7, 11) is 0. The quantitative estimate of drug-likeness (QED) is 0.530. The Morgan fingerprint density at radius 1 is 1.35 bits per heavy atom. The summed E-state index contributed by atoms with van der Waals surface area (Å²) < 4.78 is 7.31. The summed E-state index contributed by atoms with van der Waals surface area (Å²) in [6, 6.07) is 3.75. The number of aromatic nitrogens is 4. The van der Waals surface area contributed by atoms with Crippen molar-refractivity contribution in [3.05, 3.63) is 34.7 Å². The zero-order chi connectivity index (χ0) is 15.6. The van der Waals surface area contributed by atoms with Crippen molar-refractivity contribution in [2.45, 2.75) is 33.1 Å². The number of furan rings is 1. The minimum Gasteiger partial charge on any atom is -0.461 e. The van der Waals surface area contributed by atoms with Crippen LogP contribution in [0.1, 0.15) is 29.6 Å². The summed E-state index contributed by atoms with van der Waals surface area (Å²) in [5.74, 6) is 2.90. The van der Waals surface area contributed by atoms with E-state index in [0.29, 0.717) is 17.5 Å². The minimum atomic E-state index is 0.621. The van der Waals surface area contributed by atoms with Crippen LogP contribution in [0.5, 0.6) is 0 Å². The molecule has 5 nitrogen and oxygen atoms in total. The highest BCUT2D eigenvalue weighted by molar-refractivity contribution is 7.19. The highest BCUT2D eigenvalue weighted by Gasteiger charge is 2.25. The van der Waals surface area contributed by atoms with Crippen LogP contribution in [-0.2, 0) is 12.8 Å². The van der Waals surface area contributed by atoms with Gasteiger partial charge in [0.15, 0.2) is 11.4 Å². The van der Waals surface area contributed by atoms with Gasteiger partial charge in [0, 0.05) is 4.88 Å². The molecule has 116 valence electrons. The van der Waals surface area contributed by atoms with Gasteiger partial charge in [0.2, 0.25) is 5.82 Å². The van der Waals surface area contributed by atoms with Crippen LogP contribution in [0.15, 0.2) is 22.8 Å². The standard InChI is InChI=1S/C17H16N4OS/c1-9-5-6-13-11(8-9)14-16-19-15(12-4-3-7-22-12)20-21(16)10(2)18-17(14)23-13/h3-4,7,9H,5-6,8H2,1-2H3. The van der Waals surface area contributed by atoms with Gasteiger partial charge in [0.25, 0.3) is 0 Å². The van der Waals surface area contributed by atoms with Crippen molar-refractivity contribution in [3.8, 4) is 11.6 Å². The lowest BCUT2D eigenvalue weighted by Gasteiger charge is -2.17. The third-order valence-electron chi connectivity index (χ3n) is 4.63. The zero-order valence-electron chi connectivity index (χ0n) is 13.0. The maximum absolute atomic E-state index is 5.46. The molecule has 23 heavy (non-hydrogen) atoms. The van der Waals surface area contributed by atoms with E-state index in [1.807, 2.05) is 34.9 Å². The Morgan fingerprint density at radius 3 is 3.09 bits per heavy atom. The molecule has 0 radical (unpaired) electrons. The van der Waals surface area contributed by atoms with Gasteiger partial charge in [0.05, 0.1) is 11.6 Å². The Hall–Kier alpha value is -2.21. The topological polar surface area (TPSA) is 56.2 Å². The van der Waals surface area contributed by atoms with Gasteiger partial charge in [-0.25, -0.2) is 9.97 Å². The summed E-state index contributed by atoms with van der Waals surface area (Å²) in [4.78, 5) is 12.1. The highest BCUT2D eigenvalue weighted by Crippen LogP contribution is 2.39. The fourth-order valence-corrected chi connectivity index (χ4v) is 4.71. The fraction of sp³-hybridized carbons (Fsp3) is 0.353. The molecule has 0 fully saturated rings. The van der Waals surface area contributed by atoms with Gasteiger partial charge in [-0.15, -0.1) is 16.4 Å². The van der Waals surface area contributed by atoms with E-state index in [2.05, 4.69) is 12.0 Å². The number of thiophene rings is 1. The molecule has 0 N–H and O–H groups in total. The van der Waals surface area contributed by atoms with E-state index < -0.39 is 0 Å². The fourth-order valence-electron chi connectivity index (χ4n) is 3.46. The van der Waals surface area contributed by atoms with E-state index in [1.165, 1.54) is 22.2 Å². The van der Waals surface area contributed by atoms with Crippen molar-refractivity contribution < 1.29 is 4.42 Å². The van der Waals surface area contributed by atoms with E-state index in [4.69, 9.17) is 14.4 Å². The van der Waals surface area contributed by atoms with Crippen LogP contribution in [0.25, 0.3) is 27.4 Å². The number of hydrogen-bond donors (Lipinski definition) is 0. The molecule has 0 spiro atoms. The molecule has 0 amide bonds. The van der Waals surface area contributed by atoms with Gasteiger partial charge < -0.3 is 4.42 Å². The molecular weight excluding hydrogens is 308 g/mol. The molecule has 4 aromatic rings. The maximum atomic E-state index is 5.46. The lowest BCUT2D eigenvalue weighted by atomic mass is 9.89. The summed E-state index contributed by atoms with van der Waals surface area (Å²) >= 11 is 1.82. The first-order chi connectivity index (χ1) is 11.2. The van der Waals surface area contributed by atoms with Crippen molar-refractivity contribution in [1.29, 1.82) is 0 Å². The summed E-state index contributed by atoms with van der Waals surface area (Å²) in [5.41, 5.74) is 2.34. The second kappa shape index (κ2) is 4.64. The van der Waals surface area contributed by atoms with Gasteiger partial charge in [-0.3, -0.25) is 0 Å². The summed E-state index contributed by atoms with van der Waals surface area (Å²) in [5, 5.41) is 5.79. The van der Waals surface area contributed by atoms with E-state index >= 15 is 0 Å². The molecular formula is C17H16N4OS. The number of rotatable bonds is 1. The van der Waals surface area contributed by atoms with Gasteiger partial charge in [0.1, 0.15) is 10.7 Å². The Labute approximate surface area is 137 Å². The van der Waals surface area contributed by atoms with Gasteiger partial charge >= 0.3 is 0 Å². The van der Waals surface area contributed by atoms with Crippen LogP contribution < -0.4 is 0 Å². The van der Waals surface area contributed by atoms with Crippen LogP contribution in [-0.4, -0.2) is 19.6 Å². The first-order valence-corrected chi connectivity index (χ1v) is 8.74. The zero-order valence-corrected chi connectivity index (χ0v) is 13.9. The molecule has 1 aliphatic carbocycles. The SMILES string of the molecule is Cc1nc2sc3c(c2c2nc(-c4ccco4)nn12)CC(C)CC3. The molecule has 5 rings (SSSR count). The van der Waals surface area contributed by atoms with Crippen LogP contribution in [0.3, 0.4) is 0 Å². The van der Waals surface area contributed by atoms with Crippen molar-refractivity contribution in [2.75, 3.05) is 0 Å². The Bertz CT molecular complexity index is 1030. The average molecular weight is 324 g/mol. The monoisotopic (exact) mass is 324 g/mol. The minimum absolute atomic E-state index is 0.621. The maximum Gasteiger partial charge on any atom is 0.217 e.